The fraction of sp³-hybridized carbons (Fsp3) is 0.182. The van der Waals surface area contributed by atoms with Crippen molar-refractivity contribution in [3.05, 3.63) is 107 Å². The van der Waals surface area contributed by atoms with Gasteiger partial charge in [-0.2, -0.15) is 0 Å². The van der Waals surface area contributed by atoms with Crippen LogP contribution in [0.25, 0.3) is 44.6 Å². The average Bonchev–Trinajstić information content (AvgIpc) is 3.47. The number of aryl methyl sites for hydroxylation is 3. The van der Waals surface area contributed by atoms with Gasteiger partial charge in [0.1, 0.15) is 11.6 Å². The van der Waals surface area contributed by atoms with Crippen LogP contribution in [0.1, 0.15) is 40.7 Å². The summed E-state index contributed by atoms with van der Waals surface area (Å²) < 4.78 is 4.47. The first-order chi connectivity index (χ1) is 18.9. The fourth-order valence-corrected chi connectivity index (χ4v) is 5.46. The molecule has 0 amide bonds. The van der Waals surface area contributed by atoms with Crippen molar-refractivity contribution in [2.24, 2.45) is 7.05 Å². The van der Waals surface area contributed by atoms with Crippen molar-refractivity contribution in [1.29, 1.82) is 0 Å². The van der Waals surface area contributed by atoms with Gasteiger partial charge in [0.2, 0.25) is 0 Å². The van der Waals surface area contributed by atoms with E-state index in [1.807, 2.05) is 42.5 Å². The third-order valence-corrected chi connectivity index (χ3v) is 7.41. The van der Waals surface area contributed by atoms with Gasteiger partial charge < -0.3 is 14.2 Å². The Hall–Kier alpha value is -3.71. The topological polar surface area (TPSA) is 72.9 Å². The largest absolute Gasteiger partial charge is 0.478 e. The Kier molecular flexibility index (Phi) is 7.95. The fourth-order valence-electron chi connectivity index (χ4n) is 5.46. The Balaban J connectivity index is 0.00000323. The predicted octanol–water partition coefficient (Wildman–Crippen LogP) is 6.88. The van der Waals surface area contributed by atoms with E-state index in [1.165, 1.54) is 0 Å². The van der Waals surface area contributed by atoms with E-state index in [1.54, 1.807) is 12.1 Å². The van der Waals surface area contributed by atoms with Crippen LogP contribution in [0.3, 0.4) is 0 Å². The number of aromatic nitrogens is 4. The van der Waals surface area contributed by atoms with Crippen molar-refractivity contribution in [2.75, 3.05) is 0 Å². The van der Waals surface area contributed by atoms with Crippen LogP contribution in [-0.4, -0.2) is 59.7 Å². The Labute approximate surface area is 255 Å². The van der Waals surface area contributed by atoms with E-state index < -0.39 is 5.97 Å². The van der Waals surface area contributed by atoms with Crippen molar-refractivity contribution >= 4 is 57.6 Å². The second-order valence-corrected chi connectivity index (χ2v) is 10.1. The Morgan fingerprint density at radius 1 is 0.875 bits per heavy atom. The van der Waals surface area contributed by atoms with Crippen LogP contribution < -0.4 is 0 Å². The number of fused-ring (bicyclic) bond motifs is 2. The summed E-state index contributed by atoms with van der Waals surface area (Å²) in [6.45, 7) is 4.98. The molecular formula is C33H30N4NaO2. The van der Waals surface area contributed by atoms with Gasteiger partial charge in [-0.15, -0.1) is 0 Å². The van der Waals surface area contributed by atoms with Gasteiger partial charge in [0.15, 0.2) is 0 Å². The molecule has 4 aromatic carbocycles. The summed E-state index contributed by atoms with van der Waals surface area (Å²) in [6.07, 6.45) is 1.89. The number of imidazole rings is 2. The molecule has 2 aromatic heterocycles. The number of hydrogen-bond donors (Lipinski definition) is 1. The average molecular weight is 538 g/mol. The molecule has 0 fully saturated rings. The summed E-state index contributed by atoms with van der Waals surface area (Å²) in [4.78, 5) is 21.7. The zero-order valence-electron chi connectivity index (χ0n) is 23.3. The molecule has 0 saturated carbocycles. The van der Waals surface area contributed by atoms with Crippen LogP contribution in [0, 0.1) is 6.92 Å². The first-order valence-corrected chi connectivity index (χ1v) is 13.3. The number of benzene rings is 4. The molecular weight excluding hydrogens is 507 g/mol. The third-order valence-electron chi connectivity index (χ3n) is 7.41. The van der Waals surface area contributed by atoms with E-state index in [9.17, 15) is 9.90 Å². The van der Waals surface area contributed by atoms with Crippen molar-refractivity contribution in [3.8, 4) is 22.5 Å². The maximum Gasteiger partial charge on any atom is 0.336 e. The SMILES string of the molecule is CCCc1nc2c(C)cc(-c3nc4ccccc4n3C)cc2n1Cc1ccc(-c2ccccc2C(=O)O)cc1.[Na]. The molecule has 0 bridgehead atoms. The van der Waals surface area contributed by atoms with Crippen LogP contribution >= 0.6 is 0 Å². The monoisotopic (exact) mass is 537 g/mol. The van der Waals surface area contributed by atoms with Gasteiger partial charge in [0, 0.05) is 55.1 Å². The van der Waals surface area contributed by atoms with Gasteiger partial charge in [0.25, 0.3) is 0 Å². The minimum Gasteiger partial charge on any atom is -0.478 e. The zero-order chi connectivity index (χ0) is 27.1. The van der Waals surface area contributed by atoms with Gasteiger partial charge in [-0.25, -0.2) is 14.8 Å². The molecule has 40 heavy (non-hydrogen) atoms. The van der Waals surface area contributed by atoms with Gasteiger partial charge in [-0.3, -0.25) is 0 Å². The van der Waals surface area contributed by atoms with Crippen LogP contribution in [0.5, 0.6) is 0 Å². The second-order valence-electron chi connectivity index (χ2n) is 10.1. The third kappa shape index (κ3) is 4.99. The van der Waals surface area contributed by atoms with E-state index in [0.29, 0.717) is 12.1 Å². The first kappa shape index (κ1) is 27.8. The van der Waals surface area contributed by atoms with E-state index >= 15 is 0 Å². The van der Waals surface area contributed by atoms with E-state index in [2.05, 4.69) is 60.4 Å². The maximum atomic E-state index is 11.7. The number of para-hydroxylation sites is 2. The van der Waals surface area contributed by atoms with Crippen LogP contribution in [-0.2, 0) is 20.0 Å². The summed E-state index contributed by atoms with van der Waals surface area (Å²) in [5.74, 6) is 1.08. The summed E-state index contributed by atoms with van der Waals surface area (Å²) in [6, 6.07) is 27.9. The van der Waals surface area contributed by atoms with Crippen LogP contribution in [0.4, 0.5) is 0 Å². The molecule has 1 radical (unpaired) electrons. The molecule has 0 aliphatic rings. The van der Waals surface area contributed by atoms with Gasteiger partial charge in [0.05, 0.1) is 27.6 Å². The summed E-state index contributed by atoms with van der Waals surface area (Å²) in [5, 5.41) is 9.60. The molecule has 0 aliphatic carbocycles. The molecule has 1 N–H and O–H groups in total. The minimum absolute atomic E-state index is 0. The van der Waals surface area contributed by atoms with E-state index in [-0.39, 0.29) is 29.6 Å². The number of aromatic carboxylic acids is 1. The first-order valence-electron chi connectivity index (χ1n) is 13.3. The van der Waals surface area contributed by atoms with Crippen LogP contribution in [0.2, 0.25) is 0 Å². The molecule has 0 spiro atoms. The standard InChI is InChI=1S/C33H30N4O2.Na/c1-4-9-30-35-31-21(2)18-24(32-34-27-12-7-8-13-28(27)36(32)3)19-29(31)37(30)20-22-14-16-23(17-15-22)25-10-5-6-11-26(25)33(38)39;/h5-8,10-19H,4,9,20H2,1-3H3,(H,38,39);. The number of carbonyl (C=O) groups is 1. The molecule has 0 aliphatic heterocycles. The van der Waals surface area contributed by atoms with Gasteiger partial charge in [-0.05, 0) is 65.9 Å². The predicted molar refractivity (Wildman–Crippen MR) is 162 cm³/mol. The summed E-state index contributed by atoms with van der Waals surface area (Å²) >= 11 is 0. The van der Waals surface area contributed by atoms with Crippen molar-refractivity contribution in [3.63, 3.8) is 0 Å². The van der Waals surface area contributed by atoms with Crippen molar-refractivity contribution in [2.45, 2.75) is 33.2 Å². The molecule has 195 valence electrons. The molecule has 0 saturated heterocycles. The molecule has 6 nitrogen and oxygen atoms in total. The number of hydrogen-bond acceptors (Lipinski definition) is 3. The Bertz CT molecular complexity index is 1850. The molecule has 6 rings (SSSR count). The van der Waals surface area contributed by atoms with Gasteiger partial charge in [-0.1, -0.05) is 61.5 Å². The van der Waals surface area contributed by atoms with Gasteiger partial charge >= 0.3 is 5.97 Å². The van der Waals surface area contributed by atoms with Crippen molar-refractivity contribution in [1.82, 2.24) is 19.1 Å². The molecule has 7 heteroatoms. The van der Waals surface area contributed by atoms with Crippen molar-refractivity contribution < 1.29 is 9.90 Å². The smallest absolute Gasteiger partial charge is 0.336 e. The van der Waals surface area contributed by atoms with E-state index in [4.69, 9.17) is 9.97 Å². The molecule has 0 atom stereocenters. The number of carboxylic acid groups (broad SMARTS) is 1. The Morgan fingerprint density at radius 2 is 1.60 bits per heavy atom. The zero-order valence-corrected chi connectivity index (χ0v) is 25.3. The second kappa shape index (κ2) is 11.4. The number of carboxylic acids is 1. The van der Waals surface area contributed by atoms with E-state index in [0.717, 1.165) is 74.4 Å². The molecule has 2 heterocycles. The number of nitrogens with zero attached hydrogens (tertiary/aromatic N) is 4. The normalized spacial score (nSPS) is 11.2. The summed E-state index contributed by atoms with van der Waals surface area (Å²) in [7, 11) is 2.06. The minimum atomic E-state index is -0.921. The summed E-state index contributed by atoms with van der Waals surface area (Å²) in [5.41, 5.74) is 9.46. The molecule has 6 aromatic rings. The molecule has 0 unspecified atom stereocenters. The number of rotatable bonds is 7. The quantitative estimate of drug-likeness (QED) is 0.225. The maximum absolute atomic E-state index is 11.7. The Morgan fingerprint density at radius 3 is 2.33 bits per heavy atom. The van der Waals surface area contributed by atoms with Crippen LogP contribution in [0.15, 0.2) is 84.9 Å².